The zero-order valence-corrected chi connectivity index (χ0v) is 20.8. The molecule has 2 aliphatic heterocycles. The predicted molar refractivity (Wildman–Crippen MR) is 136 cm³/mol. The highest BCUT2D eigenvalue weighted by molar-refractivity contribution is 5.61. The fraction of sp³-hybridized carbons (Fsp3) is 0.385. The van der Waals surface area contributed by atoms with Gasteiger partial charge in [0.05, 0.1) is 12.7 Å². The van der Waals surface area contributed by atoms with E-state index in [1.807, 2.05) is 47.1 Å². The molecule has 4 N–H and O–H groups in total. The van der Waals surface area contributed by atoms with Gasteiger partial charge in [-0.2, -0.15) is 5.10 Å². The molecule has 2 aromatic carbocycles. The Balaban J connectivity index is 1.66. The van der Waals surface area contributed by atoms with Gasteiger partial charge in [0.15, 0.2) is 5.82 Å². The van der Waals surface area contributed by atoms with Crippen LogP contribution in [0.15, 0.2) is 66.1 Å². The molecule has 5 rings (SSSR count). The second kappa shape index (κ2) is 10.3. The first kappa shape index (κ1) is 25.4. The lowest BCUT2D eigenvalue weighted by Crippen LogP contribution is -2.67. The van der Waals surface area contributed by atoms with Crippen LogP contribution in [0.3, 0.4) is 0 Å². The van der Waals surface area contributed by atoms with Crippen molar-refractivity contribution in [1.82, 2.24) is 24.6 Å². The maximum atomic E-state index is 15.5. The second-order valence-electron chi connectivity index (χ2n) is 9.37. The van der Waals surface area contributed by atoms with E-state index in [-0.39, 0.29) is 24.7 Å². The monoisotopic (exact) mass is 512 g/mol. The molecular formula is C26H31F3N8. The van der Waals surface area contributed by atoms with E-state index in [9.17, 15) is 8.78 Å². The van der Waals surface area contributed by atoms with Crippen LogP contribution in [0.4, 0.5) is 18.9 Å². The van der Waals surface area contributed by atoms with Crippen molar-refractivity contribution >= 4 is 5.69 Å². The Morgan fingerprint density at radius 2 is 1.86 bits per heavy atom. The summed E-state index contributed by atoms with van der Waals surface area (Å²) in [7, 11) is 0. The quantitative estimate of drug-likeness (QED) is 0.525. The zero-order valence-electron chi connectivity index (χ0n) is 20.8. The number of anilines is 1. The number of hydrogen-bond donors (Lipinski definition) is 2. The van der Waals surface area contributed by atoms with Gasteiger partial charge in [0, 0.05) is 36.9 Å². The van der Waals surface area contributed by atoms with Crippen molar-refractivity contribution in [2.75, 3.05) is 31.1 Å². The Bertz CT molecular complexity index is 1280. The molecule has 196 valence electrons. The topological polar surface area (TPSA) is 92.5 Å². The first-order valence-electron chi connectivity index (χ1n) is 12.3. The number of halogens is 3. The van der Waals surface area contributed by atoms with Crippen LogP contribution in [0.2, 0.25) is 0 Å². The summed E-state index contributed by atoms with van der Waals surface area (Å²) in [5.74, 6) is -0.199. The molecule has 0 fully saturated rings. The van der Waals surface area contributed by atoms with Crippen LogP contribution >= 0.6 is 0 Å². The van der Waals surface area contributed by atoms with Crippen LogP contribution in [-0.4, -0.2) is 69.6 Å². The van der Waals surface area contributed by atoms with Crippen molar-refractivity contribution in [2.45, 2.75) is 38.6 Å². The normalized spacial score (nSPS) is 23.1. The Labute approximate surface area is 214 Å². The van der Waals surface area contributed by atoms with Crippen LogP contribution in [-0.2, 0) is 0 Å². The van der Waals surface area contributed by atoms with Crippen molar-refractivity contribution in [1.29, 1.82) is 0 Å². The highest BCUT2D eigenvalue weighted by atomic mass is 19.3. The molecule has 0 spiro atoms. The number of likely N-dealkylation sites (N-methyl/N-ethyl adjacent to an activating group) is 1. The summed E-state index contributed by atoms with van der Waals surface area (Å²) < 4.78 is 43.8. The summed E-state index contributed by atoms with van der Waals surface area (Å²) in [6.07, 6.45) is -2.33. The van der Waals surface area contributed by atoms with E-state index in [0.29, 0.717) is 24.6 Å². The van der Waals surface area contributed by atoms with Crippen LogP contribution in [0.5, 0.6) is 0 Å². The summed E-state index contributed by atoms with van der Waals surface area (Å²) in [6.45, 7) is 4.51. The molecule has 8 nitrogen and oxygen atoms in total. The van der Waals surface area contributed by atoms with E-state index >= 15 is 4.39 Å². The van der Waals surface area contributed by atoms with Gasteiger partial charge >= 0.3 is 0 Å². The van der Waals surface area contributed by atoms with Crippen LogP contribution in [0, 0.1) is 12.7 Å². The van der Waals surface area contributed by atoms with Gasteiger partial charge in [-0.15, -0.1) is 0 Å². The van der Waals surface area contributed by atoms with Gasteiger partial charge in [0.2, 0.25) is 0 Å². The number of nitrogens with two attached hydrogens (primary N) is 2. The number of nitrogens with zero attached hydrogens (tertiary/aromatic N) is 6. The molecule has 0 saturated heterocycles. The van der Waals surface area contributed by atoms with Gasteiger partial charge in [-0.1, -0.05) is 37.3 Å². The summed E-state index contributed by atoms with van der Waals surface area (Å²) in [5.41, 5.74) is 16.9. The Hall–Kier alpha value is -3.25. The Morgan fingerprint density at radius 1 is 1.11 bits per heavy atom. The molecule has 2 aliphatic rings. The summed E-state index contributed by atoms with van der Waals surface area (Å²) >= 11 is 0. The molecule has 1 aromatic heterocycles. The third-order valence-electron chi connectivity index (χ3n) is 7.19. The molecule has 0 radical (unpaired) electrons. The molecule has 3 aromatic rings. The van der Waals surface area contributed by atoms with E-state index in [1.165, 1.54) is 17.1 Å². The molecule has 0 bridgehead atoms. The van der Waals surface area contributed by atoms with Crippen molar-refractivity contribution < 1.29 is 13.2 Å². The van der Waals surface area contributed by atoms with Gasteiger partial charge < -0.3 is 10.6 Å². The lowest BCUT2D eigenvalue weighted by atomic mass is 9.85. The number of benzene rings is 2. The van der Waals surface area contributed by atoms with E-state index in [1.54, 1.807) is 24.0 Å². The standard InChI is InChI=1S/C26H31F3N8/c1-3-35-25(30)20-13-34(14-23(28)29)12-19(17-7-5-4-6-8-17)24(20)36(26(35)31)18-9-10-22(21(27)11-18)37-16(2)32-15-33-37/h4-11,15,19,23,25-26H,3,12-14,30-31H2,1-2H3. The van der Waals surface area contributed by atoms with Gasteiger partial charge in [-0.05, 0) is 36.3 Å². The van der Waals surface area contributed by atoms with Gasteiger partial charge in [0.25, 0.3) is 6.43 Å². The van der Waals surface area contributed by atoms with E-state index in [0.717, 1.165) is 16.8 Å². The van der Waals surface area contributed by atoms with Gasteiger partial charge in [0.1, 0.15) is 24.1 Å². The van der Waals surface area contributed by atoms with Crippen molar-refractivity contribution in [3.05, 3.63) is 83.3 Å². The van der Waals surface area contributed by atoms with E-state index in [4.69, 9.17) is 11.5 Å². The molecule has 0 saturated carbocycles. The number of aryl methyl sites for hydroxylation is 1. The first-order chi connectivity index (χ1) is 17.8. The average Bonchev–Trinajstić information content (AvgIpc) is 3.30. The minimum absolute atomic E-state index is 0.272. The minimum atomic E-state index is -2.47. The Kier molecular flexibility index (Phi) is 7.04. The largest absolute Gasteiger partial charge is 0.315 e. The van der Waals surface area contributed by atoms with Gasteiger partial charge in [-0.25, -0.2) is 22.8 Å². The predicted octanol–water partition coefficient (Wildman–Crippen LogP) is 3.00. The SMILES string of the molecule is CCN1C(N)C2=C(C(c3ccccc3)CN(CC(F)F)C2)N(c2ccc(-n3ncnc3C)c(F)c2)C1N. The van der Waals surface area contributed by atoms with E-state index < -0.39 is 24.7 Å². The fourth-order valence-corrected chi connectivity index (χ4v) is 5.49. The molecule has 3 atom stereocenters. The highest BCUT2D eigenvalue weighted by Crippen LogP contribution is 2.42. The molecule has 0 aliphatic carbocycles. The smallest absolute Gasteiger partial charge is 0.251 e. The lowest BCUT2D eigenvalue weighted by Gasteiger charge is -2.53. The second-order valence-corrected chi connectivity index (χ2v) is 9.37. The third-order valence-corrected chi connectivity index (χ3v) is 7.19. The summed E-state index contributed by atoms with van der Waals surface area (Å²) in [6, 6.07) is 14.6. The Morgan fingerprint density at radius 3 is 2.49 bits per heavy atom. The van der Waals surface area contributed by atoms with Crippen LogP contribution in [0.25, 0.3) is 5.69 Å². The molecular weight excluding hydrogens is 481 g/mol. The fourth-order valence-electron chi connectivity index (χ4n) is 5.49. The average molecular weight is 513 g/mol. The zero-order chi connectivity index (χ0) is 26.3. The van der Waals surface area contributed by atoms with Crippen molar-refractivity contribution in [3.8, 4) is 5.69 Å². The van der Waals surface area contributed by atoms with Gasteiger partial charge in [-0.3, -0.25) is 15.5 Å². The van der Waals surface area contributed by atoms with E-state index in [2.05, 4.69) is 10.1 Å². The first-order valence-corrected chi connectivity index (χ1v) is 12.3. The lowest BCUT2D eigenvalue weighted by molar-refractivity contribution is 0.0750. The van der Waals surface area contributed by atoms with Crippen LogP contribution < -0.4 is 16.4 Å². The third kappa shape index (κ3) is 4.63. The summed E-state index contributed by atoms with van der Waals surface area (Å²) in [5, 5.41) is 4.11. The molecule has 11 heteroatoms. The number of aromatic nitrogens is 3. The maximum absolute atomic E-state index is 15.5. The molecule has 37 heavy (non-hydrogen) atoms. The highest BCUT2D eigenvalue weighted by Gasteiger charge is 2.44. The molecule has 0 amide bonds. The van der Waals surface area contributed by atoms with Crippen LogP contribution in [0.1, 0.15) is 24.2 Å². The molecule has 3 heterocycles. The number of hydrogen-bond acceptors (Lipinski definition) is 7. The molecule has 3 unspecified atom stereocenters. The maximum Gasteiger partial charge on any atom is 0.251 e. The number of rotatable bonds is 6. The van der Waals surface area contributed by atoms with Crippen molar-refractivity contribution in [2.24, 2.45) is 11.5 Å². The van der Waals surface area contributed by atoms with Crippen molar-refractivity contribution in [3.63, 3.8) is 0 Å². The number of alkyl halides is 2. The minimum Gasteiger partial charge on any atom is -0.315 e. The summed E-state index contributed by atoms with van der Waals surface area (Å²) in [4.78, 5) is 9.61.